The first-order chi connectivity index (χ1) is 6.76. The predicted molar refractivity (Wildman–Crippen MR) is 55.9 cm³/mol. The molecule has 0 saturated carbocycles. The Morgan fingerprint density at radius 2 is 1.93 bits per heavy atom. The molecule has 0 radical (unpaired) electrons. The highest BCUT2D eigenvalue weighted by Crippen LogP contribution is 2.17. The minimum absolute atomic E-state index is 0.0727. The van der Waals surface area contributed by atoms with Crippen LogP contribution in [-0.2, 0) is 4.79 Å². The van der Waals surface area contributed by atoms with Crippen molar-refractivity contribution in [2.24, 2.45) is 5.92 Å². The Morgan fingerprint density at radius 1 is 1.40 bits per heavy atom. The van der Waals surface area contributed by atoms with Crippen LogP contribution in [0.15, 0.2) is 0 Å². The Kier molecular flexibility index (Phi) is 6.24. The molecule has 0 aromatic rings. The standard InChI is InChI=1S/C9H15BrF3NO/c1-7(2)5-8(15)14(4-3-10)6-9(11,12)13/h7H,3-6H2,1-2H3. The molecule has 0 saturated heterocycles. The van der Waals surface area contributed by atoms with E-state index in [-0.39, 0.29) is 18.9 Å². The summed E-state index contributed by atoms with van der Waals surface area (Å²) in [6.45, 7) is 2.53. The second-order valence-corrected chi connectivity index (χ2v) is 4.51. The van der Waals surface area contributed by atoms with Gasteiger partial charge in [-0.2, -0.15) is 13.2 Å². The maximum absolute atomic E-state index is 12.1. The van der Waals surface area contributed by atoms with Gasteiger partial charge in [0.2, 0.25) is 5.91 Å². The summed E-state index contributed by atoms with van der Waals surface area (Å²) in [4.78, 5) is 12.3. The van der Waals surface area contributed by atoms with E-state index in [1.807, 2.05) is 0 Å². The van der Waals surface area contributed by atoms with Gasteiger partial charge < -0.3 is 4.90 Å². The average molecular weight is 290 g/mol. The number of hydrogen-bond donors (Lipinski definition) is 0. The molecular formula is C9H15BrF3NO. The van der Waals surface area contributed by atoms with Crippen LogP contribution >= 0.6 is 15.9 Å². The molecule has 0 bridgehead atoms. The van der Waals surface area contributed by atoms with Crippen molar-refractivity contribution >= 4 is 21.8 Å². The first kappa shape index (κ1) is 14.7. The first-order valence-corrected chi connectivity index (χ1v) is 5.79. The van der Waals surface area contributed by atoms with Crippen molar-refractivity contribution in [1.82, 2.24) is 4.90 Å². The van der Waals surface area contributed by atoms with Gasteiger partial charge in [-0.15, -0.1) is 0 Å². The lowest BCUT2D eigenvalue weighted by Gasteiger charge is -2.23. The highest BCUT2D eigenvalue weighted by molar-refractivity contribution is 9.09. The van der Waals surface area contributed by atoms with Gasteiger partial charge in [0.1, 0.15) is 6.54 Å². The predicted octanol–water partition coefficient (Wildman–Crippen LogP) is 2.82. The van der Waals surface area contributed by atoms with E-state index in [1.165, 1.54) is 0 Å². The van der Waals surface area contributed by atoms with Crippen LogP contribution < -0.4 is 0 Å². The van der Waals surface area contributed by atoms with E-state index in [9.17, 15) is 18.0 Å². The minimum Gasteiger partial charge on any atom is -0.333 e. The van der Waals surface area contributed by atoms with Crippen molar-refractivity contribution < 1.29 is 18.0 Å². The van der Waals surface area contributed by atoms with Crippen LogP contribution in [0.5, 0.6) is 0 Å². The molecule has 0 unspecified atom stereocenters. The number of carbonyl (C=O) groups excluding carboxylic acids is 1. The highest BCUT2D eigenvalue weighted by atomic mass is 79.9. The van der Waals surface area contributed by atoms with Gasteiger partial charge in [0, 0.05) is 18.3 Å². The van der Waals surface area contributed by atoms with Crippen LogP contribution in [0.1, 0.15) is 20.3 Å². The number of hydrogen-bond acceptors (Lipinski definition) is 1. The smallest absolute Gasteiger partial charge is 0.333 e. The molecule has 0 atom stereocenters. The van der Waals surface area contributed by atoms with Crippen molar-refractivity contribution in [1.29, 1.82) is 0 Å². The summed E-state index contributed by atoms with van der Waals surface area (Å²) in [6.07, 6.45) is -4.17. The van der Waals surface area contributed by atoms with E-state index in [2.05, 4.69) is 15.9 Å². The second-order valence-electron chi connectivity index (χ2n) is 3.72. The molecule has 0 N–H and O–H groups in total. The van der Waals surface area contributed by atoms with Crippen LogP contribution in [0, 0.1) is 5.92 Å². The minimum atomic E-state index is -4.32. The molecule has 0 fully saturated rings. The number of carbonyl (C=O) groups is 1. The molecule has 15 heavy (non-hydrogen) atoms. The maximum Gasteiger partial charge on any atom is 0.406 e. The highest BCUT2D eigenvalue weighted by Gasteiger charge is 2.32. The fourth-order valence-electron chi connectivity index (χ4n) is 1.09. The largest absolute Gasteiger partial charge is 0.406 e. The summed E-state index contributed by atoms with van der Waals surface area (Å²) >= 11 is 3.03. The van der Waals surface area contributed by atoms with Gasteiger partial charge in [0.25, 0.3) is 0 Å². The fourth-order valence-corrected chi connectivity index (χ4v) is 1.52. The van der Waals surface area contributed by atoms with E-state index in [0.717, 1.165) is 4.90 Å². The zero-order chi connectivity index (χ0) is 12.1. The molecule has 90 valence electrons. The number of amides is 1. The van der Waals surface area contributed by atoms with Crippen molar-refractivity contribution in [3.63, 3.8) is 0 Å². The zero-order valence-electron chi connectivity index (χ0n) is 8.77. The van der Waals surface area contributed by atoms with Crippen molar-refractivity contribution in [2.75, 3.05) is 18.4 Å². The molecule has 6 heteroatoms. The third-order valence-corrected chi connectivity index (χ3v) is 2.01. The van der Waals surface area contributed by atoms with Crippen LogP contribution in [0.25, 0.3) is 0 Å². The normalized spacial score (nSPS) is 11.9. The SMILES string of the molecule is CC(C)CC(=O)N(CCBr)CC(F)(F)F. The van der Waals surface area contributed by atoms with Crippen molar-refractivity contribution in [3.8, 4) is 0 Å². The summed E-state index contributed by atoms with van der Waals surface area (Å²) in [7, 11) is 0. The van der Waals surface area contributed by atoms with Gasteiger partial charge in [-0.05, 0) is 5.92 Å². The Balaban J connectivity index is 4.31. The Bertz CT molecular complexity index is 206. The first-order valence-electron chi connectivity index (χ1n) is 4.66. The molecule has 0 spiro atoms. The molecule has 0 rings (SSSR count). The summed E-state index contributed by atoms with van der Waals surface area (Å²) in [5.74, 6) is -0.370. The van der Waals surface area contributed by atoms with Gasteiger partial charge in [-0.3, -0.25) is 4.79 Å². The number of alkyl halides is 4. The molecule has 0 aliphatic rings. The van der Waals surface area contributed by atoms with Gasteiger partial charge >= 0.3 is 6.18 Å². The fraction of sp³-hybridized carbons (Fsp3) is 0.889. The van der Waals surface area contributed by atoms with Gasteiger partial charge in [0.05, 0.1) is 0 Å². The van der Waals surface area contributed by atoms with Gasteiger partial charge in [0.15, 0.2) is 0 Å². The molecule has 0 aliphatic carbocycles. The van der Waals surface area contributed by atoms with Crippen LogP contribution in [0.3, 0.4) is 0 Å². The van der Waals surface area contributed by atoms with Gasteiger partial charge in [-0.1, -0.05) is 29.8 Å². The molecule has 0 aliphatic heterocycles. The van der Waals surface area contributed by atoms with E-state index >= 15 is 0 Å². The summed E-state index contributed by atoms with van der Waals surface area (Å²) in [5, 5.41) is 0.354. The average Bonchev–Trinajstić information content (AvgIpc) is 1.99. The Morgan fingerprint density at radius 3 is 2.27 bits per heavy atom. The lowest BCUT2D eigenvalue weighted by Crippen LogP contribution is -2.40. The molecule has 0 aromatic heterocycles. The second kappa shape index (κ2) is 6.35. The zero-order valence-corrected chi connectivity index (χ0v) is 10.4. The lowest BCUT2D eigenvalue weighted by molar-refractivity contribution is -0.161. The summed E-state index contributed by atoms with van der Waals surface area (Å²) in [6, 6.07) is 0. The molecule has 0 heterocycles. The maximum atomic E-state index is 12.1. The number of rotatable bonds is 5. The quantitative estimate of drug-likeness (QED) is 0.713. The van der Waals surface area contributed by atoms with E-state index < -0.39 is 18.6 Å². The Labute approximate surface area is 95.9 Å². The lowest BCUT2D eigenvalue weighted by atomic mass is 10.1. The monoisotopic (exact) mass is 289 g/mol. The molecular weight excluding hydrogens is 275 g/mol. The van der Waals surface area contributed by atoms with Crippen LogP contribution in [0.2, 0.25) is 0 Å². The number of nitrogens with zero attached hydrogens (tertiary/aromatic N) is 1. The third kappa shape index (κ3) is 7.64. The van der Waals surface area contributed by atoms with Crippen LogP contribution in [0.4, 0.5) is 13.2 Å². The molecule has 2 nitrogen and oxygen atoms in total. The van der Waals surface area contributed by atoms with Gasteiger partial charge in [-0.25, -0.2) is 0 Å². The van der Waals surface area contributed by atoms with Crippen LogP contribution in [-0.4, -0.2) is 35.4 Å². The topological polar surface area (TPSA) is 20.3 Å². The van der Waals surface area contributed by atoms with Crippen molar-refractivity contribution in [2.45, 2.75) is 26.4 Å². The van der Waals surface area contributed by atoms with E-state index in [4.69, 9.17) is 0 Å². The summed E-state index contributed by atoms with van der Waals surface area (Å²) in [5.41, 5.74) is 0. The van der Waals surface area contributed by atoms with Crippen molar-refractivity contribution in [3.05, 3.63) is 0 Å². The summed E-state index contributed by atoms with van der Waals surface area (Å²) < 4.78 is 36.4. The molecule has 0 aromatic carbocycles. The van der Waals surface area contributed by atoms with E-state index in [0.29, 0.717) is 5.33 Å². The Hall–Kier alpha value is -0.260. The van der Waals surface area contributed by atoms with E-state index in [1.54, 1.807) is 13.8 Å². The number of halogens is 4. The molecule has 1 amide bonds. The third-order valence-electron chi connectivity index (χ3n) is 1.66.